The number of nitrogens with zero attached hydrogens (tertiary/aromatic N) is 2. The van der Waals surface area contributed by atoms with Gasteiger partial charge in [-0.25, -0.2) is 12.7 Å². The van der Waals surface area contributed by atoms with Gasteiger partial charge >= 0.3 is 6.18 Å². The third-order valence-corrected chi connectivity index (χ3v) is 5.76. The summed E-state index contributed by atoms with van der Waals surface area (Å²) in [4.78, 5) is 14.1. The second-order valence-corrected chi connectivity index (χ2v) is 8.54. The summed E-state index contributed by atoms with van der Waals surface area (Å²) < 4.78 is 63.7. The summed E-state index contributed by atoms with van der Waals surface area (Å²) in [5, 5.41) is 2.57. The Kier molecular flexibility index (Phi) is 6.05. The Balaban J connectivity index is 2.39. The van der Waals surface area contributed by atoms with Crippen LogP contribution in [-0.4, -0.2) is 46.8 Å². The normalized spacial score (nSPS) is 12.1. The highest BCUT2D eigenvalue weighted by atomic mass is 32.2. The molecule has 0 aliphatic rings. The number of amides is 1. The van der Waals surface area contributed by atoms with Crippen LogP contribution in [0.5, 0.6) is 0 Å². The molecule has 2 aromatic carbocycles. The number of halogens is 3. The Morgan fingerprint density at radius 1 is 0.964 bits per heavy atom. The second kappa shape index (κ2) is 7.80. The van der Waals surface area contributed by atoms with Gasteiger partial charge in [0.15, 0.2) is 0 Å². The number of hydrogen-bond acceptors (Lipinski definition) is 4. The molecule has 0 bridgehead atoms. The zero-order chi connectivity index (χ0) is 21.3. The zero-order valence-corrected chi connectivity index (χ0v) is 16.5. The van der Waals surface area contributed by atoms with Crippen molar-refractivity contribution < 1.29 is 26.4 Å². The van der Waals surface area contributed by atoms with Gasteiger partial charge in [0.05, 0.1) is 21.8 Å². The number of carbonyl (C=O) groups excluding carboxylic acids is 1. The van der Waals surface area contributed by atoms with E-state index in [0.717, 1.165) is 28.6 Å². The molecule has 0 saturated carbocycles. The highest BCUT2D eigenvalue weighted by Gasteiger charge is 2.30. The van der Waals surface area contributed by atoms with Crippen LogP contribution in [-0.2, 0) is 16.2 Å². The van der Waals surface area contributed by atoms with Gasteiger partial charge in [-0.15, -0.1) is 0 Å². The van der Waals surface area contributed by atoms with E-state index in [0.29, 0.717) is 5.69 Å². The van der Waals surface area contributed by atoms with E-state index >= 15 is 0 Å². The summed E-state index contributed by atoms with van der Waals surface area (Å²) in [6, 6.07) is 8.02. The van der Waals surface area contributed by atoms with Crippen molar-refractivity contribution in [2.45, 2.75) is 11.1 Å². The summed E-state index contributed by atoms with van der Waals surface area (Å²) in [5.74, 6) is -0.656. The van der Waals surface area contributed by atoms with Crippen LogP contribution in [0.15, 0.2) is 47.4 Å². The SMILES string of the molecule is CN(C)c1ccc(S(=O)(=O)N(C)C)cc1NC(=O)c1ccc(C(F)(F)F)cc1. The van der Waals surface area contributed by atoms with Crippen molar-refractivity contribution in [3.63, 3.8) is 0 Å². The number of anilines is 2. The minimum Gasteiger partial charge on any atom is -0.376 e. The smallest absolute Gasteiger partial charge is 0.376 e. The highest BCUT2D eigenvalue weighted by molar-refractivity contribution is 7.89. The lowest BCUT2D eigenvalue weighted by Gasteiger charge is -2.20. The molecule has 0 spiro atoms. The molecule has 152 valence electrons. The van der Waals surface area contributed by atoms with Gasteiger partial charge in [-0.1, -0.05) is 0 Å². The zero-order valence-electron chi connectivity index (χ0n) is 15.7. The molecule has 6 nitrogen and oxygen atoms in total. The fraction of sp³-hybridized carbons (Fsp3) is 0.278. The van der Waals surface area contributed by atoms with E-state index < -0.39 is 27.7 Å². The lowest BCUT2D eigenvalue weighted by atomic mass is 10.1. The molecule has 0 aliphatic heterocycles. The van der Waals surface area contributed by atoms with Crippen LogP contribution in [0.1, 0.15) is 15.9 Å². The average molecular weight is 415 g/mol. The summed E-state index contributed by atoms with van der Waals surface area (Å²) in [7, 11) is 2.47. The van der Waals surface area contributed by atoms with Crippen LogP contribution in [0.2, 0.25) is 0 Å². The quantitative estimate of drug-likeness (QED) is 0.814. The molecule has 10 heteroatoms. The number of sulfonamides is 1. The molecular formula is C18H20F3N3O3S. The van der Waals surface area contributed by atoms with E-state index in [9.17, 15) is 26.4 Å². The second-order valence-electron chi connectivity index (χ2n) is 6.39. The van der Waals surface area contributed by atoms with Crippen molar-refractivity contribution in [2.75, 3.05) is 38.4 Å². The number of rotatable bonds is 5. The van der Waals surface area contributed by atoms with Crippen LogP contribution in [0.4, 0.5) is 24.5 Å². The average Bonchev–Trinajstić information content (AvgIpc) is 2.60. The van der Waals surface area contributed by atoms with E-state index in [2.05, 4.69) is 5.32 Å². The Hall–Kier alpha value is -2.59. The topological polar surface area (TPSA) is 69.7 Å². The van der Waals surface area contributed by atoms with Gasteiger partial charge in [0.25, 0.3) is 5.91 Å². The summed E-state index contributed by atoms with van der Waals surface area (Å²) in [5.41, 5.74) is -0.0912. The van der Waals surface area contributed by atoms with Crippen molar-refractivity contribution in [2.24, 2.45) is 0 Å². The fourth-order valence-corrected chi connectivity index (χ4v) is 3.31. The molecule has 0 saturated heterocycles. The molecule has 1 amide bonds. The minimum atomic E-state index is -4.50. The maximum absolute atomic E-state index is 12.7. The molecule has 1 N–H and O–H groups in total. The lowest BCUT2D eigenvalue weighted by Crippen LogP contribution is -2.23. The van der Waals surface area contributed by atoms with Crippen LogP contribution in [0.3, 0.4) is 0 Å². The first kappa shape index (κ1) is 21.7. The molecule has 0 aliphatic carbocycles. The van der Waals surface area contributed by atoms with Crippen molar-refractivity contribution >= 4 is 27.3 Å². The fourth-order valence-electron chi connectivity index (χ4n) is 2.38. The molecular weight excluding hydrogens is 395 g/mol. The van der Waals surface area contributed by atoms with Crippen LogP contribution in [0.25, 0.3) is 0 Å². The maximum atomic E-state index is 12.7. The molecule has 28 heavy (non-hydrogen) atoms. The maximum Gasteiger partial charge on any atom is 0.416 e. The lowest BCUT2D eigenvalue weighted by molar-refractivity contribution is -0.137. The van der Waals surface area contributed by atoms with Gasteiger partial charge < -0.3 is 10.2 Å². The summed E-state index contributed by atoms with van der Waals surface area (Å²) >= 11 is 0. The third-order valence-electron chi connectivity index (χ3n) is 3.95. The van der Waals surface area contributed by atoms with Crippen molar-refractivity contribution in [3.05, 3.63) is 53.6 Å². The minimum absolute atomic E-state index is 0.0126. The van der Waals surface area contributed by atoms with Gasteiger partial charge in [-0.2, -0.15) is 13.2 Å². The monoisotopic (exact) mass is 415 g/mol. The molecule has 0 fully saturated rings. The van der Waals surface area contributed by atoms with Gasteiger partial charge in [0.1, 0.15) is 0 Å². The van der Waals surface area contributed by atoms with Crippen LogP contribution < -0.4 is 10.2 Å². The van der Waals surface area contributed by atoms with Crippen LogP contribution >= 0.6 is 0 Å². The molecule has 0 aromatic heterocycles. The largest absolute Gasteiger partial charge is 0.416 e. The number of alkyl halides is 3. The Bertz CT molecular complexity index is 970. The first-order valence-electron chi connectivity index (χ1n) is 8.06. The number of hydrogen-bond donors (Lipinski definition) is 1. The van der Waals surface area contributed by atoms with E-state index in [1.807, 2.05) is 0 Å². The first-order valence-corrected chi connectivity index (χ1v) is 9.50. The van der Waals surface area contributed by atoms with Crippen molar-refractivity contribution in [3.8, 4) is 0 Å². The molecule has 0 unspecified atom stereocenters. The van der Waals surface area contributed by atoms with Gasteiger partial charge in [-0.05, 0) is 42.5 Å². The van der Waals surface area contributed by atoms with Gasteiger partial charge in [-0.3, -0.25) is 4.79 Å². The summed E-state index contributed by atoms with van der Waals surface area (Å²) in [6.45, 7) is 0. The van der Waals surface area contributed by atoms with E-state index in [4.69, 9.17) is 0 Å². The first-order chi connectivity index (χ1) is 12.8. The van der Waals surface area contributed by atoms with E-state index in [1.54, 1.807) is 25.1 Å². The third kappa shape index (κ3) is 4.63. The van der Waals surface area contributed by atoms with Crippen molar-refractivity contribution in [1.29, 1.82) is 0 Å². The molecule has 0 atom stereocenters. The predicted octanol–water partition coefficient (Wildman–Crippen LogP) is 3.27. The van der Waals surface area contributed by atoms with Gasteiger partial charge in [0, 0.05) is 33.8 Å². The number of nitrogens with one attached hydrogen (secondary N) is 1. The molecule has 2 aromatic rings. The predicted molar refractivity (Wildman–Crippen MR) is 101 cm³/mol. The van der Waals surface area contributed by atoms with Crippen LogP contribution in [0, 0.1) is 0 Å². The Morgan fingerprint density at radius 2 is 1.54 bits per heavy atom. The summed E-state index contributed by atoms with van der Waals surface area (Å²) in [6.07, 6.45) is -4.50. The standard InChI is InChI=1S/C18H20F3N3O3S/c1-23(2)16-10-9-14(28(26,27)24(3)4)11-15(16)22-17(25)12-5-7-13(8-6-12)18(19,20)21/h5-11H,1-4H3,(H,22,25). The number of carbonyl (C=O) groups is 1. The Morgan fingerprint density at radius 3 is 2.00 bits per heavy atom. The van der Waals surface area contributed by atoms with Crippen molar-refractivity contribution in [1.82, 2.24) is 4.31 Å². The molecule has 0 radical (unpaired) electrons. The molecule has 2 rings (SSSR count). The van der Waals surface area contributed by atoms with E-state index in [1.165, 1.54) is 26.2 Å². The number of benzene rings is 2. The Labute approximate surface area is 161 Å². The van der Waals surface area contributed by atoms with Gasteiger partial charge in [0.2, 0.25) is 10.0 Å². The molecule has 0 heterocycles. The van der Waals surface area contributed by atoms with E-state index in [-0.39, 0.29) is 16.1 Å². The highest BCUT2D eigenvalue weighted by Crippen LogP contribution is 2.31.